The zero-order valence-electron chi connectivity index (χ0n) is 8.02. The highest BCUT2D eigenvalue weighted by molar-refractivity contribution is 7.99. The molecule has 1 aromatic carbocycles. The van der Waals surface area contributed by atoms with Crippen molar-refractivity contribution in [3.63, 3.8) is 0 Å². The summed E-state index contributed by atoms with van der Waals surface area (Å²) in [5.41, 5.74) is 6.24. The Kier molecular flexibility index (Phi) is 3.53. The van der Waals surface area contributed by atoms with Crippen LogP contribution in [-0.4, -0.2) is 9.97 Å². The number of benzene rings is 1. The van der Waals surface area contributed by atoms with Crippen LogP contribution in [0, 0.1) is 0 Å². The lowest BCUT2D eigenvalue weighted by molar-refractivity contribution is 1.06. The second kappa shape index (κ2) is 4.91. The summed E-state index contributed by atoms with van der Waals surface area (Å²) < 4.78 is 0. The van der Waals surface area contributed by atoms with Crippen LogP contribution in [0.25, 0.3) is 0 Å². The van der Waals surface area contributed by atoms with Crippen LogP contribution in [0.2, 0.25) is 10.3 Å². The Hall–Kier alpha value is -0.970. The first-order valence-electron chi connectivity index (χ1n) is 4.36. The van der Waals surface area contributed by atoms with Gasteiger partial charge in [0.15, 0.2) is 0 Å². The van der Waals surface area contributed by atoms with E-state index in [9.17, 15) is 0 Å². The predicted octanol–water partition coefficient (Wildman–Crippen LogP) is 3.52. The summed E-state index contributed by atoms with van der Waals surface area (Å²) in [7, 11) is 0. The minimum Gasteiger partial charge on any atom is -0.395 e. The minimum atomic E-state index is 0.186. The molecule has 0 amide bonds. The lowest BCUT2D eigenvalue weighted by Crippen LogP contribution is -1.94. The van der Waals surface area contributed by atoms with Crippen molar-refractivity contribution >= 4 is 40.7 Å². The number of halogens is 2. The first-order valence-corrected chi connectivity index (χ1v) is 5.94. The van der Waals surface area contributed by atoms with Gasteiger partial charge in [-0.25, -0.2) is 9.97 Å². The van der Waals surface area contributed by atoms with E-state index in [1.807, 2.05) is 24.3 Å². The number of rotatable bonds is 2. The molecule has 1 heterocycles. The third kappa shape index (κ3) is 2.78. The van der Waals surface area contributed by atoms with E-state index in [-0.39, 0.29) is 5.28 Å². The fourth-order valence-corrected chi connectivity index (χ4v) is 2.16. The van der Waals surface area contributed by atoms with Crippen molar-refractivity contribution in [3.8, 4) is 0 Å². The Balaban J connectivity index is 2.26. The van der Waals surface area contributed by atoms with Crippen molar-refractivity contribution in [3.05, 3.63) is 40.8 Å². The van der Waals surface area contributed by atoms with Crippen LogP contribution in [0.15, 0.2) is 40.4 Å². The molecule has 0 atom stereocenters. The van der Waals surface area contributed by atoms with E-state index < -0.39 is 0 Å². The summed E-state index contributed by atoms with van der Waals surface area (Å²) in [6.45, 7) is 0. The molecule has 0 aliphatic carbocycles. The summed E-state index contributed by atoms with van der Waals surface area (Å²) in [5, 5.41) is 1.52. The normalized spacial score (nSPS) is 10.4. The van der Waals surface area contributed by atoms with Gasteiger partial charge in [-0.2, -0.15) is 0 Å². The zero-order chi connectivity index (χ0) is 11.5. The Labute approximate surface area is 107 Å². The van der Waals surface area contributed by atoms with Crippen LogP contribution in [0.1, 0.15) is 0 Å². The Bertz CT molecular complexity index is 502. The molecule has 2 aromatic rings. The number of hydrogen-bond acceptors (Lipinski definition) is 4. The van der Waals surface area contributed by atoms with Crippen LogP contribution in [0.4, 0.5) is 5.69 Å². The molecule has 2 N–H and O–H groups in total. The van der Waals surface area contributed by atoms with E-state index >= 15 is 0 Å². The largest absolute Gasteiger partial charge is 0.395 e. The second-order valence-corrected chi connectivity index (χ2v) is 4.79. The Morgan fingerprint density at radius 2 is 1.81 bits per heavy atom. The van der Waals surface area contributed by atoms with Crippen molar-refractivity contribution in [1.82, 2.24) is 9.97 Å². The van der Waals surface area contributed by atoms with Crippen molar-refractivity contribution in [2.45, 2.75) is 9.92 Å². The van der Waals surface area contributed by atoms with E-state index in [2.05, 4.69) is 9.97 Å². The maximum absolute atomic E-state index is 5.79. The van der Waals surface area contributed by atoms with Gasteiger partial charge in [0, 0.05) is 9.92 Å². The molecule has 0 saturated carbocycles. The van der Waals surface area contributed by atoms with E-state index in [0.717, 1.165) is 4.90 Å². The fourth-order valence-electron chi connectivity index (χ4n) is 1.05. The van der Waals surface area contributed by atoms with Crippen LogP contribution in [0.5, 0.6) is 0 Å². The van der Waals surface area contributed by atoms with Gasteiger partial charge in [-0.3, -0.25) is 0 Å². The molecule has 0 fully saturated rings. The summed E-state index contributed by atoms with van der Waals surface area (Å²) >= 11 is 12.9. The first-order chi connectivity index (χ1) is 7.65. The maximum Gasteiger partial charge on any atom is 0.223 e. The average molecular weight is 272 g/mol. The molecular formula is C10H7Cl2N3S. The number of nitrogen functional groups attached to an aromatic ring is 1. The molecule has 0 spiro atoms. The molecule has 0 bridgehead atoms. The van der Waals surface area contributed by atoms with Gasteiger partial charge in [-0.15, -0.1) is 0 Å². The van der Waals surface area contributed by atoms with Crippen molar-refractivity contribution in [1.29, 1.82) is 0 Å². The maximum atomic E-state index is 5.79. The van der Waals surface area contributed by atoms with Crippen LogP contribution < -0.4 is 5.73 Å². The third-order valence-electron chi connectivity index (χ3n) is 1.78. The number of anilines is 1. The molecule has 6 heteroatoms. The summed E-state index contributed by atoms with van der Waals surface area (Å²) in [6.07, 6.45) is 1.49. The van der Waals surface area contributed by atoms with E-state index in [1.165, 1.54) is 18.0 Å². The monoisotopic (exact) mass is 271 g/mol. The molecule has 0 unspecified atom stereocenters. The highest BCUT2D eigenvalue weighted by Crippen LogP contribution is 2.31. The van der Waals surface area contributed by atoms with Crippen molar-refractivity contribution in [2.75, 3.05) is 5.73 Å². The van der Waals surface area contributed by atoms with Gasteiger partial charge in [-0.1, -0.05) is 23.4 Å². The first kappa shape index (κ1) is 11.5. The molecule has 0 radical (unpaired) electrons. The van der Waals surface area contributed by atoms with E-state index in [0.29, 0.717) is 15.7 Å². The molecule has 0 aliphatic heterocycles. The standard InChI is InChI=1S/C10H7Cl2N3S/c11-6-1-3-7(4-2-6)16-9-8(13)5-14-10(12)15-9/h1-5H,13H2. The zero-order valence-corrected chi connectivity index (χ0v) is 10.4. The quantitative estimate of drug-likeness (QED) is 0.671. The van der Waals surface area contributed by atoms with Crippen molar-refractivity contribution in [2.24, 2.45) is 0 Å². The van der Waals surface area contributed by atoms with Gasteiger partial charge in [-0.05, 0) is 35.9 Å². The molecule has 3 nitrogen and oxygen atoms in total. The average Bonchev–Trinajstić information content (AvgIpc) is 2.27. The molecule has 0 saturated heterocycles. The Morgan fingerprint density at radius 3 is 2.50 bits per heavy atom. The molecule has 16 heavy (non-hydrogen) atoms. The molecule has 1 aromatic heterocycles. The highest BCUT2D eigenvalue weighted by Gasteiger charge is 2.05. The molecule has 0 aliphatic rings. The van der Waals surface area contributed by atoms with Gasteiger partial charge in [0.05, 0.1) is 11.9 Å². The number of nitrogens with zero attached hydrogens (tertiary/aromatic N) is 2. The predicted molar refractivity (Wildman–Crippen MR) is 67.0 cm³/mol. The Morgan fingerprint density at radius 1 is 1.12 bits per heavy atom. The number of nitrogens with two attached hydrogens (primary N) is 1. The smallest absolute Gasteiger partial charge is 0.223 e. The van der Waals surface area contributed by atoms with E-state index in [1.54, 1.807) is 0 Å². The van der Waals surface area contributed by atoms with Gasteiger partial charge in [0.25, 0.3) is 0 Å². The second-order valence-electron chi connectivity index (χ2n) is 2.96. The van der Waals surface area contributed by atoms with Gasteiger partial charge < -0.3 is 5.73 Å². The van der Waals surface area contributed by atoms with Crippen LogP contribution in [0.3, 0.4) is 0 Å². The fraction of sp³-hybridized carbons (Fsp3) is 0. The third-order valence-corrected chi connectivity index (χ3v) is 3.24. The lowest BCUT2D eigenvalue weighted by Gasteiger charge is -2.03. The molecular weight excluding hydrogens is 265 g/mol. The molecule has 82 valence electrons. The minimum absolute atomic E-state index is 0.186. The molecule has 2 rings (SSSR count). The topological polar surface area (TPSA) is 51.8 Å². The summed E-state index contributed by atoms with van der Waals surface area (Å²) in [6, 6.07) is 7.40. The summed E-state index contributed by atoms with van der Waals surface area (Å²) in [4.78, 5) is 8.83. The summed E-state index contributed by atoms with van der Waals surface area (Å²) in [5.74, 6) is 0. The van der Waals surface area contributed by atoms with Crippen LogP contribution >= 0.6 is 35.0 Å². The SMILES string of the molecule is Nc1cnc(Cl)nc1Sc1ccc(Cl)cc1. The van der Waals surface area contributed by atoms with Crippen LogP contribution in [-0.2, 0) is 0 Å². The van der Waals surface area contributed by atoms with Gasteiger partial charge >= 0.3 is 0 Å². The number of hydrogen-bond donors (Lipinski definition) is 1. The van der Waals surface area contributed by atoms with Crippen molar-refractivity contribution < 1.29 is 0 Å². The van der Waals surface area contributed by atoms with Gasteiger partial charge in [0.2, 0.25) is 5.28 Å². The highest BCUT2D eigenvalue weighted by atomic mass is 35.5. The van der Waals surface area contributed by atoms with Gasteiger partial charge in [0.1, 0.15) is 5.03 Å². The van der Waals surface area contributed by atoms with E-state index in [4.69, 9.17) is 28.9 Å². The number of aromatic nitrogens is 2. The lowest BCUT2D eigenvalue weighted by atomic mass is 10.4.